The predicted octanol–water partition coefficient (Wildman–Crippen LogP) is -2.55. The van der Waals surface area contributed by atoms with Crippen molar-refractivity contribution in [2.75, 3.05) is 89.9 Å². The van der Waals surface area contributed by atoms with Gasteiger partial charge in [0, 0.05) is 80.0 Å². The molecule has 17 atom stereocenters. The number of anilines is 4. The number of carbonyl (C=O) groups excluding carboxylic acids is 8. The molecule has 37 nitrogen and oxygen atoms in total. The number of phenols is 1. The Bertz CT molecular complexity index is 4190. The van der Waals surface area contributed by atoms with E-state index in [4.69, 9.17) is 30.4 Å². The highest BCUT2D eigenvalue weighted by Crippen LogP contribution is 2.58. The van der Waals surface area contributed by atoms with E-state index in [1.165, 1.54) is 44.1 Å². The van der Waals surface area contributed by atoms with Crippen LogP contribution in [0.2, 0.25) is 0 Å². The van der Waals surface area contributed by atoms with Crippen molar-refractivity contribution in [3.8, 4) is 11.5 Å². The Labute approximate surface area is 620 Å². The number of Topliss-reactive ketones (excluding diaryl/α,β-unsaturated/α-hetero) is 4. The Morgan fingerprint density at radius 2 is 1.02 bits per heavy atom. The first-order chi connectivity index (χ1) is 49.4. The number of amides is 4. The fourth-order valence-corrected chi connectivity index (χ4v) is 15.4. The van der Waals surface area contributed by atoms with Crippen molar-refractivity contribution < 1.29 is 133 Å². The molecule has 2 aliphatic heterocycles. The molecule has 0 spiro atoms. The van der Waals surface area contributed by atoms with Gasteiger partial charge in [-0.2, -0.15) is 0 Å². The summed E-state index contributed by atoms with van der Waals surface area (Å²) in [5.41, 5.74) is 2.37. The molecule has 0 aromatic heterocycles. The van der Waals surface area contributed by atoms with Crippen molar-refractivity contribution in [2.24, 2.45) is 35.1 Å². The number of hydrogen-bond donors (Lipinski definition) is 19. The number of aliphatic carboxylic acids is 2. The van der Waals surface area contributed by atoms with Gasteiger partial charge in [0.2, 0.25) is 30.2 Å². The van der Waals surface area contributed by atoms with Crippen molar-refractivity contribution >= 4 is 87.2 Å². The van der Waals surface area contributed by atoms with Crippen LogP contribution >= 0.6 is 0 Å². The van der Waals surface area contributed by atoms with Crippen molar-refractivity contribution in [2.45, 2.75) is 171 Å². The minimum absolute atomic E-state index is 0. The monoisotopic (exact) mass is 1520 g/mol. The van der Waals surface area contributed by atoms with Crippen LogP contribution in [-0.2, 0) is 70.2 Å². The number of aliphatic hydroxyl groups is 10. The van der Waals surface area contributed by atoms with Gasteiger partial charge < -0.3 is 128 Å². The minimum atomic E-state index is -2.96. The zero-order valence-electron chi connectivity index (χ0n) is 61.2. The van der Waals surface area contributed by atoms with E-state index < -0.39 is 224 Å². The summed E-state index contributed by atoms with van der Waals surface area (Å²) < 4.78 is 23.0. The third-order valence-corrected chi connectivity index (χ3v) is 20.4. The molecule has 108 heavy (non-hydrogen) atoms. The molecule has 2 heterocycles. The lowest BCUT2D eigenvalue weighted by molar-refractivity contribution is -0.291. The maximum Gasteiger partial charge on any atom is 0.335 e. The van der Waals surface area contributed by atoms with Gasteiger partial charge in [-0.1, -0.05) is 7.43 Å². The van der Waals surface area contributed by atoms with Crippen molar-refractivity contribution in [3.05, 3.63) is 74.0 Å². The normalized spacial score (nSPS) is 30.3. The zero-order chi connectivity index (χ0) is 80.2. The van der Waals surface area contributed by atoms with E-state index in [1.807, 2.05) is 41.5 Å². The fraction of sp³-hybridized carbons (Fsp3) is 0.577. The predicted molar refractivity (Wildman–Crippen MR) is 381 cm³/mol. The number of ketones is 4. The Morgan fingerprint density at radius 3 is 1.47 bits per heavy atom. The van der Waals surface area contributed by atoms with Crippen molar-refractivity contribution in [1.82, 2.24) is 20.4 Å². The van der Waals surface area contributed by atoms with Crippen LogP contribution in [0.4, 0.5) is 22.7 Å². The topological polar surface area (TPSA) is 584 Å². The molecule has 2 aromatic rings. The lowest BCUT2D eigenvalue weighted by atomic mass is 9.57. The molecule has 2 saturated heterocycles. The molecule has 1 saturated carbocycles. The number of benzene rings is 2. The summed E-state index contributed by atoms with van der Waals surface area (Å²) in [6.45, 7) is 10.7. The van der Waals surface area contributed by atoms with Gasteiger partial charge in [0.25, 0.3) is 11.8 Å². The van der Waals surface area contributed by atoms with Crippen LogP contribution in [0.5, 0.6) is 11.5 Å². The molecular weight excluding hydrogens is 1420 g/mol. The summed E-state index contributed by atoms with van der Waals surface area (Å²) in [6.07, 6.45) is -18.7. The summed E-state index contributed by atoms with van der Waals surface area (Å²) in [7, 11) is 12.7. The first-order valence-electron chi connectivity index (χ1n) is 34.1. The highest BCUT2D eigenvalue weighted by atomic mass is 16.7. The maximum absolute atomic E-state index is 14.9. The van der Waals surface area contributed by atoms with Gasteiger partial charge >= 0.3 is 11.9 Å². The average Bonchev–Trinajstić information content (AvgIpc) is 0.699. The SMILES string of the molecule is C.CN(C)c1cc(NC(=O)CNC(C)(C)C)c(O)c2c1C[C@H]1C[C@H]3[C@@H](N(C)C)C(=O)C(C(N)=O)=C(O)[C@@]3(O)C(O[C@@H]3O[C@H](C(=O)O)[C@@H](O)[C@H](O)[C@H]3O)=C1C2=O.CN(C)c1cc(NC(=O)CNC(C)(C)C)c(O[C@H]2C[C@@H](O)[C@H](O)[C@@H](C(=O)O)O2)c2c1C[C@H]1C[C@H]3[C@@H](N(C)C)C(=O)C(C(N)=O)=C(O)[C@@]3(O)C(=O)C1=C2O. The van der Waals surface area contributed by atoms with Gasteiger partial charge in [-0.3, -0.25) is 48.2 Å². The second-order valence-electron chi connectivity index (χ2n) is 30.9. The number of nitrogens with zero attached hydrogens (tertiary/aromatic N) is 4. The van der Waals surface area contributed by atoms with Gasteiger partial charge in [0.05, 0.1) is 53.8 Å². The van der Waals surface area contributed by atoms with Crippen LogP contribution in [0.25, 0.3) is 5.76 Å². The average molecular weight is 1520 g/mol. The molecular formula is C71H98N10O27. The number of aromatic hydroxyl groups is 1. The number of nitrogens with two attached hydrogens (primary N) is 2. The Morgan fingerprint density at radius 1 is 0.583 bits per heavy atom. The first-order valence-corrected chi connectivity index (χ1v) is 34.1. The second kappa shape index (κ2) is 30.7. The molecule has 21 N–H and O–H groups in total. The number of likely N-dealkylation sites (N-methyl/N-ethyl adjacent to an activating group) is 2. The van der Waals surface area contributed by atoms with Crippen LogP contribution in [-0.4, -0.2) is 294 Å². The molecule has 594 valence electrons. The van der Waals surface area contributed by atoms with Gasteiger partial charge in [0.15, 0.2) is 52.3 Å². The lowest BCUT2D eigenvalue weighted by Crippen LogP contribution is -2.65. The zero-order valence-corrected chi connectivity index (χ0v) is 61.2. The molecule has 0 bridgehead atoms. The van der Waals surface area contributed by atoms with Crippen LogP contribution < -0.4 is 47.3 Å². The summed E-state index contributed by atoms with van der Waals surface area (Å²) in [4.78, 5) is 138. The molecule has 2 aromatic carbocycles. The third kappa shape index (κ3) is 15.1. The second-order valence-corrected chi connectivity index (χ2v) is 30.9. The number of primary amides is 2. The molecule has 4 amide bonds. The molecule has 0 radical (unpaired) electrons. The highest BCUT2D eigenvalue weighted by molar-refractivity contribution is 6.25. The number of nitrogens with one attached hydrogen (secondary N) is 4. The number of ether oxygens (including phenoxy) is 4. The number of allylic oxidation sites excluding steroid dienone is 1. The molecule has 6 aliphatic carbocycles. The summed E-state index contributed by atoms with van der Waals surface area (Å²) in [5, 5.41) is 155. The van der Waals surface area contributed by atoms with E-state index in [0.29, 0.717) is 22.5 Å². The number of carboxylic acids is 2. The smallest absolute Gasteiger partial charge is 0.335 e. The number of fused-ring (bicyclic) bond motifs is 6. The van der Waals surface area contributed by atoms with Crippen molar-refractivity contribution in [3.63, 3.8) is 0 Å². The molecule has 0 unspecified atom stereocenters. The number of carbonyl (C=O) groups is 10. The Hall–Kier alpha value is -9.22. The van der Waals surface area contributed by atoms with E-state index in [9.17, 15) is 114 Å². The number of rotatable bonds is 18. The lowest BCUT2D eigenvalue weighted by Gasteiger charge is -2.52. The highest BCUT2D eigenvalue weighted by Gasteiger charge is 2.67. The van der Waals surface area contributed by atoms with Gasteiger partial charge in [-0.05, 0) is 131 Å². The standard InChI is InChI=1S/C35H47N5O14.C35H47N5O13.CH4/c1-34(2,3)37-11-17(41)38-15-10-16(39(4)5)13-8-12-9-14-21(40(6)7)24(44)20(31(36)49)29(48)35(14,52)30(18(12)23(43)19(13)22(15)42)54-33-27(47)25(45)26(46)28(53-33)32(50)51;1-34(2,3)37-12-19(42)38-16-10-17(39(4)5)14-8-13-9-15-24(40(6)7)27(45)23(32(36)48)31(47)35(15,51)30(46)21(13)26(44)22(14)28(16)52-20-11-18(41)25(43)29(53-20)33(49)50;/h10,12,14,21,25-28,33,37,42,45-48,52H,8-9,11H2,1-7H3,(H2,36,49)(H,38,41)(H,50,51);10,13,15,18,20,24-25,29,37,41,43-44,47,51H,8-9,11-12H2,1-7H3,(H2,36,48)(H,38,42)(H,49,50);1H4/t12-,14-,21+,25-,26-,27+,28-,33-,35+;13-,15-,18+,20+,24+,25-,29-,35-;/m00./s1. The largest absolute Gasteiger partial charge is 0.508 e. The summed E-state index contributed by atoms with van der Waals surface area (Å²) in [5.74, 6) is -20.9. The molecule has 8 aliphatic rings. The molecule has 3 fully saturated rings. The van der Waals surface area contributed by atoms with Gasteiger partial charge in [-0.15, -0.1) is 0 Å². The van der Waals surface area contributed by atoms with Gasteiger partial charge in [-0.25, -0.2) is 9.59 Å². The number of aliphatic hydroxyl groups excluding tert-OH is 8. The Kier molecular flexibility index (Phi) is 24.0. The van der Waals surface area contributed by atoms with Crippen LogP contribution in [0.15, 0.2) is 51.7 Å². The van der Waals surface area contributed by atoms with E-state index in [1.54, 1.807) is 44.1 Å². The maximum atomic E-state index is 14.9. The summed E-state index contributed by atoms with van der Waals surface area (Å²) >= 11 is 0. The quantitative estimate of drug-likeness (QED) is 0.0540. The van der Waals surface area contributed by atoms with E-state index >= 15 is 0 Å². The van der Waals surface area contributed by atoms with Crippen LogP contribution in [0.1, 0.15) is 95.3 Å². The van der Waals surface area contributed by atoms with Crippen molar-refractivity contribution in [1.29, 1.82) is 0 Å². The number of carboxylic acid groups (broad SMARTS) is 2. The van der Waals surface area contributed by atoms with E-state index in [0.717, 1.165) is 0 Å². The van der Waals surface area contributed by atoms with Crippen LogP contribution in [0.3, 0.4) is 0 Å². The number of hydrogen-bond acceptors (Lipinski definition) is 31. The van der Waals surface area contributed by atoms with E-state index in [2.05, 4.69) is 21.3 Å². The number of phenolic OH excluding ortho intramolecular Hbond substituents is 1. The van der Waals surface area contributed by atoms with E-state index in [-0.39, 0.29) is 80.0 Å². The summed E-state index contributed by atoms with van der Waals surface area (Å²) in [6, 6.07) is 0.396. The molecule has 10 rings (SSSR count). The Balaban J connectivity index is 0.000000270. The van der Waals surface area contributed by atoms with Crippen LogP contribution in [0, 0.1) is 23.7 Å². The third-order valence-electron chi connectivity index (χ3n) is 20.4. The van der Waals surface area contributed by atoms with Gasteiger partial charge in [0.1, 0.15) is 58.6 Å². The fourth-order valence-electron chi connectivity index (χ4n) is 15.4. The molecule has 37 heteroatoms. The first kappa shape index (κ1) is 84.4. The minimum Gasteiger partial charge on any atom is -0.508 e.